The first kappa shape index (κ1) is 19.5. The van der Waals surface area contributed by atoms with Gasteiger partial charge in [0.1, 0.15) is 0 Å². The first-order chi connectivity index (χ1) is 12.2. The molecule has 2 aromatic carbocycles. The van der Waals surface area contributed by atoms with Gasteiger partial charge >= 0.3 is 0 Å². The molecule has 0 unspecified atom stereocenters. The Morgan fingerprint density at radius 2 is 1.81 bits per heavy atom. The number of non-ortho nitro benzene ring substituents is 1. The molecule has 2 N–H and O–H groups in total. The SMILES string of the molecule is CC(C)NS(=O)(=O)c1cccc(C(=O)NCc2ccc([N+](=O)[O-])cc2)c1. The van der Waals surface area contributed by atoms with Gasteiger partial charge < -0.3 is 5.32 Å². The maximum Gasteiger partial charge on any atom is 0.269 e. The first-order valence-corrected chi connectivity index (χ1v) is 9.31. The molecule has 0 fully saturated rings. The second-order valence-electron chi connectivity index (χ2n) is 5.91. The van der Waals surface area contributed by atoms with E-state index in [1.165, 1.54) is 36.4 Å². The van der Waals surface area contributed by atoms with Crippen LogP contribution in [-0.2, 0) is 16.6 Å². The van der Waals surface area contributed by atoms with Gasteiger partial charge in [-0.25, -0.2) is 13.1 Å². The van der Waals surface area contributed by atoms with Crippen molar-refractivity contribution >= 4 is 21.6 Å². The van der Waals surface area contributed by atoms with Crippen molar-refractivity contribution in [3.63, 3.8) is 0 Å². The van der Waals surface area contributed by atoms with Crippen LogP contribution in [0.2, 0.25) is 0 Å². The molecule has 0 heterocycles. The number of amides is 1. The molecule has 0 spiro atoms. The highest BCUT2D eigenvalue weighted by atomic mass is 32.2. The van der Waals surface area contributed by atoms with Crippen molar-refractivity contribution in [1.29, 1.82) is 0 Å². The molecule has 0 saturated carbocycles. The molecule has 2 rings (SSSR count). The smallest absolute Gasteiger partial charge is 0.269 e. The topological polar surface area (TPSA) is 118 Å². The molecule has 0 aliphatic carbocycles. The molecule has 0 radical (unpaired) electrons. The first-order valence-electron chi connectivity index (χ1n) is 7.83. The fourth-order valence-electron chi connectivity index (χ4n) is 2.20. The van der Waals surface area contributed by atoms with Crippen LogP contribution in [0.4, 0.5) is 5.69 Å². The van der Waals surface area contributed by atoms with Crippen molar-refractivity contribution in [3.05, 3.63) is 69.8 Å². The third kappa shape index (κ3) is 5.11. The lowest BCUT2D eigenvalue weighted by Crippen LogP contribution is -2.30. The van der Waals surface area contributed by atoms with Crippen molar-refractivity contribution in [1.82, 2.24) is 10.0 Å². The van der Waals surface area contributed by atoms with Crippen LogP contribution < -0.4 is 10.0 Å². The molecule has 138 valence electrons. The average Bonchev–Trinajstić information content (AvgIpc) is 2.59. The van der Waals surface area contributed by atoms with Gasteiger partial charge in [0.2, 0.25) is 10.0 Å². The second kappa shape index (κ2) is 8.07. The molecular formula is C17H19N3O5S. The Morgan fingerprint density at radius 1 is 1.15 bits per heavy atom. The third-order valence-corrected chi connectivity index (χ3v) is 5.05. The molecule has 0 aliphatic heterocycles. The van der Waals surface area contributed by atoms with Crippen LogP contribution in [0.3, 0.4) is 0 Å². The molecule has 2 aromatic rings. The van der Waals surface area contributed by atoms with E-state index in [9.17, 15) is 23.3 Å². The number of nitro benzene ring substituents is 1. The Labute approximate surface area is 151 Å². The molecule has 9 heteroatoms. The van der Waals surface area contributed by atoms with E-state index in [1.807, 2.05) is 0 Å². The van der Waals surface area contributed by atoms with Gasteiger partial charge in [-0.05, 0) is 37.6 Å². The number of carbonyl (C=O) groups is 1. The van der Waals surface area contributed by atoms with Gasteiger partial charge in [0.25, 0.3) is 11.6 Å². The standard InChI is InChI=1S/C17H19N3O5S/c1-12(2)19-26(24,25)16-5-3-4-14(10-16)17(21)18-11-13-6-8-15(9-7-13)20(22)23/h3-10,12,19H,11H2,1-2H3,(H,18,21). The molecule has 1 amide bonds. The summed E-state index contributed by atoms with van der Waals surface area (Å²) < 4.78 is 26.8. The summed E-state index contributed by atoms with van der Waals surface area (Å²) in [7, 11) is -3.69. The zero-order chi connectivity index (χ0) is 19.3. The maximum absolute atomic E-state index is 12.3. The lowest BCUT2D eigenvalue weighted by atomic mass is 10.2. The zero-order valence-corrected chi connectivity index (χ0v) is 15.1. The number of nitrogens with zero attached hydrogens (tertiary/aromatic N) is 1. The van der Waals surface area contributed by atoms with E-state index in [4.69, 9.17) is 0 Å². The predicted octanol–water partition coefficient (Wildman–Crippen LogP) is 2.21. The van der Waals surface area contributed by atoms with E-state index in [0.29, 0.717) is 5.56 Å². The number of nitro groups is 1. The summed E-state index contributed by atoms with van der Waals surface area (Å²) >= 11 is 0. The highest BCUT2D eigenvalue weighted by molar-refractivity contribution is 7.89. The highest BCUT2D eigenvalue weighted by Crippen LogP contribution is 2.14. The number of benzene rings is 2. The van der Waals surface area contributed by atoms with Gasteiger partial charge in [-0.3, -0.25) is 14.9 Å². The lowest BCUT2D eigenvalue weighted by Gasteiger charge is -2.11. The Kier molecular flexibility index (Phi) is 6.06. The van der Waals surface area contributed by atoms with Gasteiger partial charge in [0.15, 0.2) is 0 Å². The van der Waals surface area contributed by atoms with E-state index in [-0.39, 0.29) is 28.7 Å². The molecular weight excluding hydrogens is 358 g/mol. The van der Waals surface area contributed by atoms with Crippen molar-refractivity contribution in [2.45, 2.75) is 31.3 Å². The molecule has 0 atom stereocenters. The van der Waals surface area contributed by atoms with Gasteiger partial charge in [0, 0.05) is 30.3 Å². The summed E-state index contributed by atoms with van der Waals surface area (Å²) in [5.74, 6) is -0.440. The number of nitrogens with one attached hydrogen (secondary N) is 2. The molecule has 26 heavy (non-hydrogen) atoms. The van der Waals surface area contributed by atoms with Gasteiger partial charge in [-0.15, -0.1) is 0 Å². The molecule has 0 aliphatic rings. The molecule has 8 nitrogen and oxygen atoms in total. The Balaban J connectivity index is 2.08. The van der Waals surface area contributed by atoms with E-state index < -0.39 is 20.9 Å². The molecule has 0 saturated heterocycles. The van der Waals surface area contributed by atoms with Gasteiger partial charge in [-0.2, -0.15) is 0 Å². The van der Waals surface area contributed by atoms with Crippen LogP contribution in [0.15, 0.2) is 53.4 Å². The van der Waals surface area contributed by atoms with E-state index in [2.05, 4.69) is 10.0 Å². The maximum atomic E-state index is 12.3. The van der Waals surface area contributed by atoms with Crippen molar-refractivity contribution in [2.24, 2.45) is 0 Å². The van der Waals surface area contributed by atoms with Crippen LogP contribution in [0.25, 0.3) is 0 Å². The number of sulfonamides is 1. The summed E-state index contributed by atoms with van der Waals surface area (Å²) in [6.45, 7) is 3.58. The van der Waals surface area contributed by atoms with E-state index in [0.717, 1.165) is 0 Å². The Hall–Kier alpha value is -2.78. The van der Waals surface area contributed by atoms with Gasteiger partial charge in [-0.1, -0.05) is 18.2 Å². The minimum absolute atomic E-state index is 0.00851. The fourth-order valence-corrected chi connectivity index (χ4v) is 3.50. The summed E-state index contributed by atoms with van der Waals surface area (Å²) in [6.07, 6.45) is 0. The van der Waals surface area contributed by atoms with Crippen molar-refractivity contribution < 1.29 is 18.1 Å². The minimum atomic E-state index is -3.69. The quantitative estimate of drug-likeness (QED) is 0.566. The fraction of sp³-hybridized carbons (Fsp3) is 0.235. The van der Waals surface area contributed by atoms with Crippen LogP contribution in [0, 0.1) is 10.1 Å². The van der Waals surface area contributed by atoms with Crippen molar-refractivity contribution in [2.75, 3.05) is 0 Å². The monoisotopic (exact) mass is 377 g/mol. The second-order valence-corrected chi connectivity index (χ2v) is 7.62. The molecule has 0 aromatic heterocycles. The van der Waals surface area contributed by atoms with E-state index >= 15 is 0 Å². The van der Waals surface area contributed by atoms with Crippen LogP contribution >= 0.6 is 0 Å². The predicted molar refractivity (Wildman–Crippen MR) is 96.2 cm³/mol. The number of hydrogen-bond donors (Lipinski definition) is 2. The Bertz CT molecular complexity index is 908. The number of rotatable bonds is 7. The van der Waals surface area contributed by atoms with E-state index in [1.54, 1.807) is 26.0 Å². The zero-order valence-electron chi connectivity index (χ0n) is 14.3. The number of carbonyl (C=O) groups excluding carboxylic acids is 1. The third-order valence-electron chi connectivity index (χ3n) is 3.40. The lowest BCUT2D eigenvalue weighted by molar-refractivity contribution is -0.384. The summed E-state index contributed by atoms with van der Waals surface area (Å²) in [6, 6.07) is 11.3. The largest absolute Gasteiger partial charge is 0.348 e. The average molecular weight is 377 g/mol. The normalized spacial score (nSPS) is 11.3. The van der Waals surface area contributed by atoms with Crippen LogP contribution in [-0.4, -0.2) is 25.3 Å². The molecule has 0 bridgehead atoms. The Morgan fingerprint density at radius 3 is 2.38 bits per heavy atom. The number of hydrogen-bond acceptors (Lipinski definition) is 5. The van der Waals surface area contributed by atoms with Crippen LogP contribution in [0.1, 0.15) is 29.8 Å². The van der Waals surface area contributed by atoms with Gasteiger partial charge in [0.05, 0.1) is 9.82 Å². The van der Waals surface area contributed by atoms with Crippen LogP contribution in [0.5, 0.6) is 0 Å². The minimum Gasteiger partial charge on any atom is -0.348 e. The summed E-state index contributed by atoms with van der Waals surface area (Å²) in [4.78, 5) is 22.4. The summed E-state index contributed by atoms with van der Waals surface area (Å²) in [5.41, 5.74) is 0.864. The summed E-state index contributed by atoms with van der Waals surface area (Å²) in [5, 5.41) is 13.3. The van der Waals surface area contributed by atoms with Crippen molar-refractivity contribution in [3.8, 4) is 0 Å². The highest BCUT2D eigenvalue weighted by Gasteiger charge is 2.17.